The van der Waals surface area contributed by atoms with Gasteiger partial charge in [0, 0.05) is 28.3 Å². The lowest BCUT2D eigenvalue weighted by atomic mass is 9.98. The van der Waals surface area contributed by atoms with Gasteiger partial charge in [-0.25, -0.2) is 5.43 Å². The van der Waals surface area contributed by atoms with Gasteiger partial charge < -0.3 is 0 Å². The van der Waals surface area contributed by atoms with Crippen LogP contribution in [0.2, 0.25) is 5.02 Å². The van der Waals surface area contributed by atoms with Crippen LogP contribution in [0.4, 0.5) is 5.69 Å². The molecule has 2 N–H and O–H groups in total. The lowest BCUT2D eigenvalue weighted by Crippen LogP contribution is -2.18. The van der Waals surface area contributed by atoms with E-state index in [1.165, 1.54) is 40.9 Å². The van der Waals surface area contributed by atoms with E-state index in [0.29, 0.717) is 11.3 Å². The fourth-order valence-electron chi connectivity index (χ4n) is 4.01. The van der Waals surface area contributed by atoms with Crippen molar-refractivity contribution in [1.29, 1.82) is 0 Å². The van der Waals surface area contributed by atoms with Crippen molar-refractivity contribution in [1.82, 2.24) is 15.6 Å². The van der Waals surface area contributed by atoms with Crippen LogP contribution in [0.15, 0.2) is 59.7 Å². The monoisotopic (exact) mass is 445 g/mol. The van der Waals surface area contributed by atoms with E-state index in [1.54, 1.807) is 6.07 Å². The van der Waals surface area contributed by atoms with E-state index in [0.717, 1.165) is 23.8 Å². The van der Waals surface area contributed by atoms with E-state index in [2.05, 4.69) is 38.9 Å². The Morgan fingerprint density at radius 3 is 2.78 bits per heavy atom. The van der Waals surface area contributed by atoms with E-state index in [1.807, 2.05) is 12.1 Å². The topological polar surface area (TPSA) is 113 Å². The molecule has 0 atom stereocenters. The molecule has 1 heterocycles. The number of nitro benzene ring substituents is 1. The Hall–Kier alpha value is -4.04. The highest BCUT2D eigenvalue weighted by Gasteiger charge is 2.18. The number of nitrogens with zero attached hydrogens (tertiary/aromatic N) is 3. The maximum atomic E-state index is 12.5. The molecular formula is C23H16ClN5O3. The van der Waals surface area contributed by atoms with Crippen LogP contribution in [0.5, 0.6) is 0 Å². The zero-order chi connectivity index (χ0) is 22.2. The van der Waals surface area contributed by atoms with Crippen molar-refractivity contribution in [2.75, 3.05) is 0 Å². The van der Waals surface area contributed by atoms with Gasteiger partial charge in [0.05, 0.1) is 16.8 Å². The quantitative estimate of drug-likeness (QED) is 0.264. The van der Waals surface area contributed by atoms with Crippen LogP contribution in [-0.2, 0) is 12.8 Å². The summed E-state index contributed by atoms with van der Waals surface area (Å²) in [5.41, 5.74) is 7.11. The molecule has 1 aliphatic carbocycles. The first-order valence-electron chi connectivity index (χ1n) is 9.88. The van der Waals surface area contributed by atoms with Crippen molar-refractivity contribution in [2.45, 2.75) is 12.8 Å². The summed E-state index contributed by atoms with van der Waals surface area (Å²) in [6.07, 6.45) is 3.33. The molecule has 0 aliphatic heterocycles. The van der Waals surface area contributed by atoms with Gasteiger partial charge in [0.15, 0.2) is 0 Å². The van der Waals surface area contributed by atoms with Crippen molar-refractivity contribution in [3.05, 3.63) is 92.1 Å². The Kier molecular flexibility index (Phi) is 4.91. The summed E-state index contributed by atoms with van der Waals surface area (Å²) >= 11 is 6.04. The number of carbonyl (C=O) groups excluding carboxylic acids is 1. The van der Waals surface area contributed by atoms with Crippen LogP contribution in [0.1, 0.15) is 27.2 Å². The average Bonchev–Trinajstić information content (AvgIpc) is 3.44. The molecule has 0 radical (unpaired) electrons. The van der Waals surface area contributed by atoms with Gasteiger partial charge in [-0.2, -0.15) is 10.2 Å². The molecule has 1 amide bonds. The number of hydrogen-bond donors (Lipinski definition) is 2. The smallest absolute Gasteiger partial charge is 0.272 e. The zero-order valence-electron chi connectivity index (χ0n) is 16.6. The minimum atomic E-state index is -0.529. The van der Waals surface area contributed by atoms with Crippen molar-refractivity contribution < 1.29 is 9.72 Å². The number of nitrogens with one attached hydrogen (secondary N) is 2. The number of nitro groups is 1. The number of hydrogen-bond acceptors (Lipinski definition) is 5. The third-order valence-corrected chi connectivity index (χ3v) is 5.88. The molecule has 0 spiro atoms. The van der Waals surface area contributed by atoms with Crippen LogP contribution < -0.4 is 5.43 Å². The lowest BCUT2D eigenvalue weighted by Gasteiger charge is -2.06. The molecule has 8 nitrogen and oxygen atoms in total. The Balaban J connectivity index is 1.37. The van der Waals surface area contributed by atoms with Gasteiger partial charge in [0.1, 0.15) is 5.69 Å². The van der Waals surface area contributed by atoms with Gasteiger partial charge in [-0.1, -0.05) is 41.9 Å². The highest BCUT2D eigenvalue weighted by Crippen LogP contribution is 2.36. The Morgan fingerprint density at radius 1 is 1.16 bits per heavy atom. The summed E-state index contributed by atoms with van der Waals surface area (Å²) in [6, 6.07) is 16.1. The minimum absolute atomic E-state index is 0.120. The van der Waals surface area contributed by atoms with Gasteiger partial charge in [-0.15, -0.1) is 0 Å². The van der Waals surface area contributed by atoms with Gasteiger partial charge in [0.2, 0.25) is 0 Å². The second-order valence-electron chi connectivity index (χ2n) is 7.44. The molecular weight excluding hydrogens is 430 g/mol. The molecule has 158 valence electrons. The Morgan fingerprint density at radius 2 is 1.97 bits per heavy atom. The first kappa shape index (κ1) is 19.9. The fraction of sp³-hybridized carbons (Fsp3) is 0.0870. The Labute approximate surface area is 187 Å². The molecule has 0 saturated heterocycles. The second kappa shape index (κ2) is 7.90. The highest BCUT2D eigenvalue weighted by molar-refractivity contribution is 6.33. The standard InChI is InChI=1S/C23H16ClN5O3/c24-19-9-7-16(29(31)32)10-15(19)12-25-28-23(30)21-11-20(26-27-21)17-8-6-14-5-4-13-2-1-3-18(17)22(13)14/h1-3,6-12H,4-5H2,(H,26,27)(H,28,30)/b25-12-. The fourth-order valence-corrected chi connectivity index (χ4v) is 4.18. The van der Waals surface area contributed by atoms with Crippen LogP contribution in [0.25, 0.3) is 22.0 Å². The minimum Gasteiger partial charge on any atom is -0.272 e. The summed E-state index contributed by atoms with van der Waals surface area (Å²) in [6.45, 7) is 0. The highest BCUT2D eigenvalue weighted by atomic mass is 35.5. The van der Waals surface area contributed by atoms with Crippen LogP contribution >= 0.6 is 11.6 Å². The first-order chi connectivity index (χ1) is 15.5. The van der Waals surface area contributed by atoms with E-state index < -0.39 is 10.8 Å². The number of H-pyrrole nitrogens is 1. The molecule has 4 aromatic rings. The Bertz CT molecular complexity index is 1420. The molecule has 0 fully saturated rings. The number of carbonyl (C=O) groups is 1. The maximum Gasteiger partial charge on any atom is 0.289 e. The number of aromatic nitrogens is 2. The number of rotatable bonds is 5. The molecule has 0 unspecified atom stereocenters. The molecule has 9 heteroatoms. The maximum absolute atomic E-state index is 12.5. The number of non-ortho nitro benzene ring substituents is 1. The predicted octanol–water partition coefficient (Wildman–Crippen LogP) is 4.65. The van der Waals surface area contributed by atoms with Gasteiger partial charge in [-0.05, 0) is 46.9 Å². The van der Waals surface area contributed by atoms with E-state index in [9.17, 15) is 14.9 Å². The van der Waals surface area contributed by atoms with Crippen molar-refractivity contribution in [3.63, 3.8) is 0 Å². The summed E-state index contributed by atoms with van der Waals surface area (Å²) < 4.78 is 0. The van der Waals surface area contributed by atoms with Crippen LogP contribution in [-0.4, -0.2) is 27.2 Å². The first-order valence-corrected chi connectivity index (χ1v) is 10.3. The molecule has 32 heavy (non-hydrogen) atoms. The van der Waals surface area contributed by atoms with Crippen LogP contribution in [0, 0.1) is 10.1 Å². The van der Waals surface area contributed by atoms with Crippen molar-refractivity contribution >= 4 is 40.2 Å². The normalized spacial score (nSPS) is 12.5. The molecule has 1 aliphatic rings. The number of halogens is 1. The summed E-state index contributed by atoms with van der Waals surface area (Å²) in [5, 5.41) is 24.5. The number of hydrazone groups is 1. The summed E-state index contributed by atoms with van der Waals surface area (Å²) in [7, 11) is 0. The number of benzene rings is 3. The van der Waals surface area contributed by atoms with Crippen molar-refractivity contribution in [3.8, 4) is 11.3 Å². The van der Waals surface area contributed by atoms with Crippen molar-refractivity contribution in [2.24, 2.45) is 5.10 Å². The molecule has 0 bridgehead atoms. The number of amides is 1. The number of aromatic amines is 1. The molecule has 5 rings (SSSR count). The summed E-state index contributed by atoms with van der Waals surface area (Å²) in [4.78, 5) is 22.9. The zero-order valence-corrected chi connectivity index (χ0v) is 17.4. The van der Waals surface area contributed by atoms with Gasteiger partial charge >= 0.3 is 0 Å². The van der Waals surface area contributed by atoms with E-state index in [4.69, 9.17) is 11.6 Å². The van der Waals surface area contributed by atoms with E-state index >= 15 is 0 Å². The second-order valence-corrected chi connectivity index (χ2v) is 7.85. The van der Waals surface area contributed by atoms with Gasteiger partial charge in [-0.3, -0.25) is 20.0 Å². The lowest BCUT2D eigenvalue weighted by molar-refractivity contribution is -0.384. The largest absolute Gasteiger partial charge is 0.289 e. The van der Waals surface area contributed by atoms with Crippen LogP contribution in [0.3, 0.4) is 0 Å². The molecule has 0 saturated carbocycles. The van der Waals surface area contributed by atoms with Gasteiger partial charge in [0.25, 0.3) is 11.6 Å². The predicted molar refractivity (Wildman–Crippen MR) is 122 cm³/mol. The van der Waals surface area contributed by atoms with E-state index in [-0.39, 0.29) is 16.4 Å². The third kappa shape index (κ3) is 3.50. The molecule has 3 aromatic carbocycles. The summed E-state index contributed by atoms with van der Waals surface area (Å²) in [5.74, 6) is -0.493. The molecule has 1 aromatic heterocycles. The number of aryl methyl sites for hydroxylation is 2. The third-order valence-electron chi connectivity index (χ3n) is 5.54. The average molecular weight is 446 g/mol. The SMILES string of the molecule is O=C(N/N=C\c1cc([N+](=O)[O-])ccc1Cl)c1cc(-c2ccc3c4c(cccc24)CC3)n[nH]1.